The van der Waals surface area contributed by atoms with Gasteiger partial charge >= 0.3 is 5.97 Å². The van der Waals surface area contributed by atoms with Gasteiger partial charge in [0.15, 0.2) is 0 Å². The first-order valence-electron chi connectivity index (χ1n) is 5.61. The minimum Gasteiger partial charge on any atom is -0.480 e. The highest BCUT2D eigenvalue weighted by molar-refractivity contribution is 5.76. The number of hydrogen-bond donors (Lipinski definition) is 4. The summed E-state index contributed by atoms with van der Waals surface area (Å²) in [6.45, 7) is -0.181. The molecular weight excluding hydrogens is 240 g/mol. The summed E-state index contributed by atoms with van der Waals surface area (Å²) in [6.07, 6.45) is -0.467. The molecule has 0 bridgehead atoms. The lowest BCUT2D eigenvalue weighted by Gasteiger charge is -2.28. The number of carboxylic acids is 1. The van der Waals surface area contributed by atoms with E-state index in [0.29, 0.717) is 0 Å². The van der Waals surface area contributed by atoms with Gasteiger partial charge in [0, 0.05) is 33.1 Å². The Morgan fingerprint density at radius 1 is 1.33 bits per heavy atom. The van der Waals surface area contributed by atoms with Crippen LogP contribution in [0, 0.1) is 0 Å². The molecule has 0 saturated heterocycles. The second-order valence-corrected chi connectivity index (χ2v) is 4.22. The maximum atomic E-state index is 11.7. The average Bonchev–Trinajstić information content (AvgIpc) is 2.26. The zero-order valence-electron chi connectivity index (χ0n) is 10.7. The Balaban J connectivity index is 4.18. The number of aliphatic carboxylic acids is 1. The minimum absolute atomic E-state index is 0.0253. The van der Waals surface area contributed by atoms with Crippen LogP contribution in [0.25, 0.3) is 0 Å². The van der Waals surface area contributed by atoms with Crippen LogP contribution in [-0.4, -0.2) is 71.4 Å². The third-order valence-corrected chi connectivity index (χ3v) is 2.52. The number of likely N-dealkylation sites (N-methyl/N-ethyl adjacent to an activating group) is 1. The Morgan fingerprint density at radius 2 is 1.89 bits per heavy atom. The van der Waals surface area contributed by atoms with Gasteiger partial charge in [-0.05, 0) is 6.42 Å². The van der Waals surface area contributed by atoms with E-state index in [0.717, 1.165) is 0 Å². The van der Waals surface area contributed by atoms with E-state index in [1.807, 2.05) is 0 Å². The predicted octanol–water partition coefficient (Wildman–Crippen LogP) is -2.20. The van der Waals surface area contributed by atoms with Crippen molar-refractivity contribution in [2.24, 2.45) is 11.5 Å². The van der Waals surface area contributed by atoms with Crippen molar-refractivity contribution >= 4 is 11.9 Å². The lowest BCUT2D eigenvalue weighted by Crippen LogP contribution is -2.46. The lowest BCUT2D eigenvalue weighted by molar-refractivity contribution is -0.151. The highest BCUT2D eigenvalue weighted by atomic mass is 16.4. The highest BCUT2D eigenvalue weighted by Gasteiger charge is 2.19. The molecular formula is C10H22N4O4. The minimum atomic E-state index is -1.03. The van der Waals surface area contributed by atoms with Gasteiger partial charge in [0.25, 0.3) is 0 Å². The molecule has 0 aliphatic carbocycles. The quantitative estimate of drug-likeness (QED) is 0.365. The van der Waals surface area contributed by atoms with E-state index >= 15 is 0 Å². The molecule has 0 aromatic carbocycles. The van der Waals surface area contributed by atoms with Crippen molar-refractivity contribution < 1.29 is 19.8 Å². The number of rotatable bonds is 8. The number of amides is 1. The van der Waals surface area contributed by atoms with Gasteiger partial charge in [-0.25, -0.2) is 5.01 Å². The van der Waals surface area contributed by atoms with E-state index in [-0.39, 0.29) is 31.8 Å². The highest BCUT2D eigenvalue weighted by Crippen LogP contribution is 2.03. The monoisotopic (exact) mass is 262 g/mol. The van der Waals surface area contributed by atoms with Crippen LogP contribution >= 0.6 is 0 Å². The van der Waals surface area contributed by atoms with Crippen molar-refractivity contribution in [1.29, 1.82) is 0 Å². The Morgan fingerprint density at radius 3 is 2.33 bits per heavy atom. The number of carboxylic acid groups (broad SMARTS) is 1. The smallest absolute Gasteiger partial charge is 0.319 e. The molecule has 0 aliphatic rings. The predicted molar refractivity (Wildman–Crippen MR) is 65.3 cm³/mol. The molecule has 0 aliphatic heterocycles. The number of nitrogens with two attached hydrogens (primary N) is 2. The second kappa shape index (κ2) is 7.98. The first-order chi connectivity index (χ1) is 8.27. The maximum absolute atomic E-state index is 11.7. The summed E-state index contributed by atoms with van der Waals surface area (Å²) in [6, 6.07) is -0.503. The fourth-order valence-electron chi connectivity index (χ4n) is 1.38. The zero-order valence-corrected chi connectivity index (χ0v) is 10.7. The molecule has 18 heavy (non-hydrogen) atoms. The molecule has 0 spiro atoms. The van der Waals surface area contributed by atoms with Gasteiger partial charge in [0.1, 0.15) is 6.54 Å². The molecule has 0 heterocycles. The van der Waals surface area contributed by atoms with Crippen molar-refractivity contribution in [3.8, 4) is 0 Å². The fourth-order valence-corrected chi connectivity index (χ4v) is 1.38. The Bertz CT molecular complexity index is 287. The number of aliphatic hydroxyl groups is 1. The summed E-state index contributed by atoms with van der Waals surface area (Å²) in [5.41, 5.74) is 10.9. The topological polar surface area (TPSA) is 133 Å². The van der Waals surface area contributed by atoms with Crippen LogP contribution in [0.4, 0.5) is 0 Å². The fraction of sp³-hybridized carbons (Fsp3) is 0.800. The van der Waals surface area contributed by atoms with Crippen LogP contribution in [0.2, 0.25) is 0 Å². The first kappa shape index (κ1) is 16.8. The molecule has 106 valence electrons. The Hall–Kier alpha value is -1.22. The van der Waals surface area contributed by atoms with Gasteiger partial charge in [0.2, 0.25) is 5.91 Å². The van der Waals surface area contributed by atoms with Crippen LogP contribution < -0.4 is 11.5 Å². The van der Waals surface area contributed by atoms with E-state index < -0.39 is 18.1 Å². The van der Waals surface area contributed by atoms with Gasteiger partial charge < -0.3 is 21.7 Å². The van der Waals surface area contributed by atoms with Crippen LogP contribution in [0.3, 0.4) is 0 Å². The molecule has 0 saturated carbocycles. The summed E-state index contributed by atoms with van der Waals surface area (Å²) in [7, 11) is 2.96. The van der Waals surface area contributed by atoms with E-state index in [4.69, 9.17) is 16.6 Å². The third-order valence-electron chi connectivity index (χ3n) is 2.52. The van der Waals surface area contributed by atoms with Crippen molar-refractivity contribution in [2.45, 2.75) is 25.0 Å². The van der Waals surface area contributed by atoms with Gasteiger partial charge in [-0.2, -0.15) is 0 Å². The first-order valence-corrected chi connectivity index (χ1v) is 5.61. The van der Waals surface area contributed by atoms with Crippen LogP contribution in [0.15, 0.2) is 0 Å². The molecule has 0 radical (unpaired) electrons. The number of aliphatic hydroxyl groups excluding tert-OH is 1. The summed E-state index contributed by atoms with van der Waals surface area (Å²) in [5.74, 6) is -1.34. The molecule has 0 unspecified atom stereocenters. The summed E-state index contributed by atoms with van der Waals surface area (Å²) < 4.78 is 0. The SMILES string of the molecule is CN(CC(=O)O)N(C)C(=O)C[C@H](N)C[C@@H](O)CN. The number of nitrogens with zero attached hydrogens (tertiary/aromatic N) is 2. The van der Waals surface area contributed by atoms with Crippen LogP contribution in [0.5, 0.6) is 0 Å². The number of carbonyl (C=O) groups is 2. The molecule has 0 aromatic heterocycles. The van der Waals surface area contributed by atoms with Crippen molar-refractivity contribution in [2.75, 3.05) is 27.2 Å². The van der Waals surface area contributed by atoms with Gasteiger partial charge in [-0.1, -0.05) is 0 Å². The molecule has 0 rings (SSSR count). The van der Waals surface area contributed by atoms with E-state index in [1.165, 1.54) is 24.1 Å². The van der Waals surface area contributed by atoms with E-state index in [9.17, 15) is 14.7 Å². The Labute approximate surface area is 106 Å². The van der Waals surface area contributed by atoms with Gasteiger partial charge in [-0.3, -0.25) is 14.6 Å². The molecule has 2 atom stereocenters. The number of carbonyl (C=O) groups excluding carboxylic acids is 1. The van der Waals surface area contributed by atoms with Crippen molar-refractivity contribution in [3.05, 3.63) is 0 Å². The largest absolute Gasteiger partial charge is 0.480 e. The van der Waals surface area contributed by atoms with E-state index in [2.05, 4.69) is 0 Å². The Kier molecular flexibility index (Phi) is 7.44. The molecule has 6 N–H and O–H groups in total. The van der Waals surface area contributed by atoms with Crippen molar-refractivity contribution in [3.63, 3.8) is 0 Å². The number of hydrogen-bond acceptors (Lipinski definition) is 6. The standard InChI is InChI=1S/C10H22N4O4/c1-13(6-10(17)18)14(2)9(16)4-7(12)3-8(15)5-11/h7-8,15H,3-6,11-12H2,1-2H3,(H,17,18)/t7-,8-/m1/s1. The summed E-state index contributed by atoms with van der Waals surface area (Å²) >= 11 is 0. The molecule has 8 nitrogen and oxygen atoms in total. The van der Waals surface area contributed by atoms with Gasteiger partial charge in [0.05, 0.1) is 6.10 Å². The third kappa shape index (κ3) is 6.50. The van der Waals surface area contributed by atoms with Crippen molar-refractivity contribution in [1.82, 2.24) is 10.0 Å². The average molecular weight is 262 g/mol. The molecule has 8 heteroatoms. The second-order valence-electron chi connectivity index (χ2n) is 4.22. The summed E-state index contributed by atoms with van der Waals surface area (Å²) in [5, 5.41) is 20.4. The van der Waals surface area contributed by atoms with E-state index in [1.54, 1.807) is 0 Å². The summed E-state index contributed by atoms with van der Waals surface area (Å²) in [4.78, 5) is 22.2. The molecule has 0 aromatic rings. The van der Waals surface area contributed by atoms with Crippen LogP contribution in [-0.2, 0) is 9.59 Å². The number of hydrazine groups is 1. The molecule has 0 fully saturated rings. The normalized spacial score (nSPS) is 14.3. The van der Waals surface area contributed by atoms with Gasteiger partial charge in [-0.15, -0.1) is 0 Å². The molecule has 1 amide bonds. The lowest BCUT2D eigenvalue weighted by atomic mass is 10.1. The maximum Gasteiger partial charge on any atom is 0.319 e. The van der Waals surface area contributed by atoms with Crippen LogP contribution in [0.1, 0.15) is 12.8 Å². The zero-order chi connectivity index (χ0) is 14.3.